The Labute approximate surface area is 212 Å². The van der Waals surface area contributed by atoms with Crippen LogP contribution in [0.2, 0.25) is 0 Å². The van der Waals surface area contributed by atoms with E-state index < -0.39 is 24.7 Å². The van der Waals surface area contributed by atoms with Gasteiger partial charge in [0.15, 0.2) is 0 Å². The first-order valence-corrected chi connectivity index (χ1v) is 11.5. The van der Waals surface area contributed by atoms with Crippen LogP contribution in [-0.2, 0) is 30.7 Å². The third-order valence-electron chi connectivity index (χ3n) is 6.15. The number of aromatic amines is 1. The van der Waals surface area contributed by atoms with Gasteiger partial charge < -0.3 is 10.6 Å². The van der Waals surface area contributed by atoms with Crippen molar-refractivity contribution < 1.29 is 27.1 Å². The number of hydrogen-bond donors (Lipinski definition) is 2. The van der Waals surface area contributed by atoms with Crippen LogP contribution in [0.1, 0.15) is 38.7 Å². The molecule has 0 bridgehead atoms. The number of carbonyl (C=O) groups excluding carboxylic acids is 1. The summed E-state index contributed by atoms with van der Waals surface area (Å²) in [6.45, 7) is -0.666. The van der Waals surface area contributed by atoms with Gasteiger partial charge in [-0.15, -0.1) is 13.2 Å². The Morgan fingerprint density at radius 1 is 1.11 bits per heavy atom. The highest BCUT2D eigenvalue weighted by atomic mass is 19.4. The Morgan fingerprint density at radius 3 is 2.63 bits per heavy atom. The van der Waals surface area contributed by atoms with Crippen LogP contribution in [0, 0.1) is 5.82 Å². The average molecular weight is 528 g/mol. The molecular formula is C25H20F4N6O3. The van der Waals surface area contributed by atoms with Gasteiger partial charge in [-0.2, -0.15) is 5.10 Å². The smallest absolute Gasteiger partial charge is 0.383 e. The minimum Gasteiger partial charge on any atom is -0.383 e. The number of nitrogens with zero attached hydrogens (tertiary/aromatic N) is 4. The zero-order valence-electron chi connectivity index (χ0n) is 19.7. The van der Waals surface area contributed by atoms with Crippen LogP contribution < -0.4 is 11.3 Å². The fourth-order valence-corrected chi connectivity index (χ4v) is 4.36. The zero-order chi connectivity index (χ0) is 27.0. The predicted molar refractivity (Wildman–Crippen MR) is 127 cm³/mol. The predicted octanol–water partition coefficient (Wildman–Crippen LogP) is 3.26. The first-order valence-electron chi connectivity index (χ1n) is 11.5. The molecule has 0 saturated carbocycles. The normalized spacial score (nSPS) is 13.2. The van der Waals surface area contributed by atoms with Crippen molar-refractivity contribution in [2.75, 3.05) is 12.3 Å². The fraction of sp³-hybridized carbons (Fsp3) is 0.240. The molecule has 9 nitrogen and oxygen atoms in total. The first-order chi connectivity index (χ1) is 18.1. The summed E-state index contributed by atoms with van der Waals surface area (Å²) in [5.41, 5.74) is 7.47. The molecule has 0 aliphatic carbocycles. The van der Waals surface area contributed by atoms with Crippen molar-refractivity contribution in [3.63, 3.8) is 0 Å². The van der Waals surface area contributed by atoms with E-state index in [1.54, 1.807) is 24.3 Å². The van der Waals surface area contributed by atoms with E-state index in [-0.39, 0.29) is 48.7 Å². The minimum atomic E-state index is -4.77. The second-order valence-corrected chi connectivity index (χ2v) is 8.69. The van der Waals surface area contributed by atoms with Gasteiger partial charge in [-0.1, -0.05) is 24.3 Å². The number of carbonyl (C=O) groups is 1. The number of amides is 1. The van der Waals surface area contributed by atoms with Crippen molar-refractivity contribution >= 4 is 22.5 Å². The number of ether oxygens (including phenoxy) is 1. The number of nitrogens with two attached hydrogens (primary N) is 1. The van der Waals surface area contributed by atoms with Gasteiger partial charge in [-0.25, -0.2) is 19.5 Å². The number of alkyl halides is 3. The van der Waals surface area contributed by atoms with Crippen LogP contribution >= 0.6 is 0 Å². The number of fused-ring (bicyclic) bond motifs is 2. The van der Waals surface area contributed by atoms with Crippen LogP contribution in [0.4, 0.5) is 23.4 Å². The summed E-state index contributed by atoms with van der Waals surface area (Å²) in [5.74, 6) is -1.24. The van der Waals surface area contributed by atoms with E-state index in [1.165, 1.54) is 23.1 Å². The summed E-state index contributed by atoms with van der Waals surface area (Å²) in [6, 6.07) is 11.1. The molecule has 0 spiro atoms. The van der Waals surface area contributed by atoms with Gasteiger partial charge >= 0.3 is 6.36 Å². The molecule has 196 valence electrons. The van der Waals surface area contributed by atoms with Gasteiger partial charge in [0, 0.05) is 23.8 Å². The number of nitrogens with one attached hydrogen (secondary N) is 1. The highest BCUT2D eigenvalue weighted by Gasteiger charge is 2.31. The van der Waals surface area contributed by atoms with E-state index in [0.717, 1.165) is 0 Å². The van der Waals surface area contributed by atoms with Crippen molar-refractivity contribution in [1.29, 1.82) is 0 Å². The zero-order valence-corrected chi connectivity index (χ0v) is 19.7. The standard InChI is InChI=1S/C25H20F4N6O3/c26-18-6-5-13(10-19-14-3-1-2-4-15(14)23(36)34-33-19)9-16(18)24(37)35-11-17-20(12-35)31-21(32-22(17)30)7-8-38-25(27,28)29/h1-6,9H,7-8,10-12H2,(H,34,36)(H2,30,31,32). The molecule has 13 heteroatoms. The third-order valence-corrected chi connectivity index (χ3v) is 6.15. The maximum Gasteiger partial charge on any atom is 0.522 e. The number of rotatable bonds is 6. The van der Waals surface area contributed by atoms with Gasteiger partial charge in [-0.05, 0) is 23.8 Å². The lowest BCUT2D eigenvalue weighted by Crippen LogP contribution is -2.26. The Balaban J connectivity index is 1.35. The molecule has 0 radical (unpaired) electrons. The maximum absolute atomic E-state index is 14.8. The van der Waals surface area contributed by atoms with E-state index in [1.807, 2.05) is 0 Å². The van der Waals surface area contributed by atoms with Gasteiger partial charge in [-0.3, -0.25) is 14.3 Å². The molecule has 1 aliphatic rings. The number of anilines is 1. The monoisotopic (exact) mass is 528 g/mol. The molecule has 1 amide bonds. The highest BCUT2D eigenvalue weighted by Crippen LogP contribution is 2.28. The summed E-state index contributed by atoms with van der Waals surface area (Å²) in [6.07, 6.45) is -4.76. The van der Waals surface area contributed by atoms with Crippen LogP contribution in [0.3, 0.4) is 0 Å². The summed E-state index contributed by atoms with van der Waals surface area (Å²) < 4.78 is 55.3. The molecule has 0 saturated heterocycles. The summed E-state index contributed by atoms with van der Waals surface area (Å²) in [4.78, 5) is 34.9. The SMILES string of the molecule is Nc1nc(CCOC(F)(F)F)nc2c1CN(C(=O)c1cc(Cc3n[nH]c(=O)c4ccccc34)ccc1F)C2. The summed E-state index contributed by atoms with van der Waals surface area (Å²) in [5, 5.41) is 7.70. The maximum atomic E-state index is 14.8. The van der Waals surface area contributed by atoms with Gasteiger partial charge in [0.05, 0.1) is 42.0 Å². The minimum absolute atomic E-state index is 0.0101. The van der Waals surface area contributed by atoms with Crippen LogP contribution in [0.5, 0.6) is 0 Å². The largest absolute Gasteiger partial charge is 0.522 e. The fourth-order valence-electron chi connectivity index (χ4n) is 4.36. The number of hydrogen-bond acceptors (Lipinski definition) is 7. The molecule has 1 aliphatic heterocycles. The number of halogens is 4. The molecule has 0 atom stereocenters. The van der Waals surface area contributed by atoms with E-state index in [9.17, 15) is 27.2 Å². The number of H-pyrrole nitrogens is 1. The van der Waals surface area contributed by atoms with E-state index >= 15 is 0 Å². The molecule has 4 aromatic rings. The molecule has 2 aromatic heterocycles. The third kappa shape index (κ3) is 5.18. The molecule has 2 aromatic carbocycles. The van der Waals surface area contributed by atoms with Gasteiger partial charge in [0.2, 0.25) is 0 Å². The van der Waals surface area contributed by atoms with Crippen molar-refractivity contribution in [3.8, 4) is 0 Å². The van der Waals surface area contributed by atoms with Crippen molar-refractivity contribution in [3.05, 3.63) is 92.5 Å². The summed E-state index contributed by atoms with van der Waals surface area (Å²) in [7, 11) is 0. The number of aromatic nitrogens is 4. The van der Waals surface area contributed by atoms with Crippen LogP contribution in [0.15, 0.2) is 47.3 Å². The molecule has 3 N–H and O–H groups in total. The molecule has 0 fully saturated rings. The molecular weight excluding hydrogens is 508 g/mol. The topological polar surface area (TPSA) is 127 Å². The van der Waals surface area contributed by atoms with E-state index in [0.29, 0.717) is 33.3 Å². The second kappa shape index (κ2) is 9.82. The first kappa shape index (κ1) is 25.3. The molecule has 3 heterocycles. The number of benzene rings is 2. The van der Waals surface area contributed by atoms with E-state index in [4.69, 9.17) is 5.73 Å². The Kier molecular flexibility index (Phi) is 6.53. The van der Waals surface area contributed by atoms with Crippen molar-refractivity contribution in [2.45, 2.75) is 32.3 Å². The molecule has 38 heavy (non-hydrogen) atoms. The average Bonchev–Trinajstić information content (AvgIpc) is 3.31. The van der Waals surface area contributed by atoms with Crippen molar-refractivity contribution in [2.24, 2.45) is 0 Å². The molecule has 0 unspecified atom stereocenters. The Bertz CT molecular complexity index is 1600. The number of nitrogen functional groups attached to an aromatic ring is 1. The lowest BCUT2D eigenvalue weighted by molar-refractivity contribution is -0.324. The van der Waals surface area contributed by atoms with Gasteiger partial charge in [0.1, 0.15) is 17.5 Å². The van der Waals surface area contributed by atoms with Crippen LogP contribution in [-0.4, -0.2) is 43.9 Å². The molecule has 5 rings (SSSR count). The lowest BCUT2D eigenvalue weighted by Gasteiger charge is -2.16. The lowest BCUT2D eigenvalue weighted by atomic mass is 10.0. The quantitative estimate of drug-likeness (QED) is 0.368. The Morgan fingerprint density at radius 2 is 1.87 bits per heavy atom. The van der Waals surface area contributed by atoms with Crippen LogP contribution in [0.25, 0.3) is 10.8 Å². The second-order valence-electron chi connectivity index (χ2n) is 8.69. The van der Waals surface area contributed by atoms with Crippen molar-refractivity contribution in [1.82, 2.24) is 25.1 Å². The summed E-state index contributed by atoms with van der Waals surface area (Å²) >= 11 is 0. The highest BCUT2D eigenvalue weighted by molar-refractivity contribution is 5.95. The van der Waals surface area contributed by atoms with E-state index in [2.05, 4.69) is 24.9 Å². The van der Waals surface area contributed by atoms with Gasteiger partial charge in [0.25, 0.3) is 11.5 Å². The Hall–Kier alpha value is -4.39.